The fourth-order valence-electron chi connectivity index (χ4n) is 2.51. The van der Waals surface area contributed by atoms with Gasteiger partial charge in [0.05, 0.1) is 10.6 Å². The van der Waals surface area contributed by atoms with E-state index >= 15 is 0 Å². The van der Waals surface area contributed by atoms with E-state index in [1.165, 1.54) is 12.8 Å². The zero-order chi connectivity index (χ0) is 14.0. The average Bonchev–Trinajstić information content (AvgIpc) is 2.38. The van der Waals surface area contributed by atoms with Crippen LogP contribution < -0.4 is 0 Å². The van der Waals surface area contributed by atoms with Gasteiger partial charge in [0.2, 0.25) is 0 Å². The third-order valence-corrected chi connectivity index (χ3v) is 5.50. The zero-order valence-corrected chi connectivity index (χ0v) is 14.6. The molecule has 104 valence electrons. The number of carbonyl (C=O) groups is 1. The topological polar surface area (TPSA) is 20.3 Å². The van der Waals surface area contributed by atoms with Gasteiger partial charge in [-0.1, -0.05) is 56.3 Å². The predicted molar refractivity (Wildman–Crippen MR) is 86.2 cm³/mol. The molecule has 1 aliphatic carbocycles. The molecule has 19 heavy (non-hydrogen) atoms. The summed E-state index contributed by atoms with van der Waals surface area (Å²) < 4.78 is 0.882. The monoisotopic (exact) mass is 407 g/mol. The Morgan fingerprint density at radius 1 is 1.37 bits per heavy atom. The first kappa shape index (κ1) is 15.3. The van der Waals surface area contributed by atoms with E-state index in [-0.39, 0.29) is 11.9 Å². The molecular formula is C14H16Br2ClNO. The Hall–Kier alpha value is -0.0600. The van der Waals surface area contributed by atoms with Crippen molar-refractivity contribution >= 4 is 49.4 Å². The molecule has 1 aliphatic rings. The average molecular weight is 410 g/mol. The van der Waals surface area contributed by atoms with Crippen molar-refractivity contribution < 1.29 is 4.79 Å². The third kappa shape index (κ3) is 3.53. The highest BCUT2D eigenvalue weighted by Gasteiger charge is 2.30. The molecule has 5 heteroatoms. The molecule has 1 aromatic carbocycles. The molecule has 0 N–H and O–H groups in total. The third-order valence-electron chi connectivity index (χ3n) is 3.63. The highest BCUT2D eigenvalue weighted by atomic mass is 79.9. The van der Waals surface area contributed by atoms with Crippen molar-refractivity contribution in [3.05, 3.63) is 33.3 Å². The van der Waals surface area contributed by atoms with Crippen LogP contribution in [0.5, 0.6) is 0 Å². The molecule has 1 aromatic rings. The Labute approximate surface area is 135 Å². The van der Waals surface area contributed by atoms with Crippen molar-refractivity contribution in [3.63, 3.8) is 0 Å². The van der Waals surface area contributed by atoms with Crippen LogP contribution >= 0.6 is 43.5 Å². The van der Waals surface area contributed by atoms with Crippen molar-refractivity contribution in [1.29, 1.82) is 0 Å². The van der Waals surface area contributed by atoms with E-state index in [0.29, 0.717) is 15.4 Å². The second-order valence-corrected chi connectivity index (χ2v) is 7.41. The Balaban J connectivity index is 2.18. The number of halogens is 3. The van der Waals surface area contributed by atoms with E-state index in [2.05, 4.69) is 31.9 Å². The summed E-state index contributed by atoms with van der Waals surface area (Å²) in [7, 11) is 1.87. The molecular weight excluding hydrogens is 393 g/mol. The summed E-state index contributed by atoms with van der Waals surface area (Å²) in [4.78, 5) is 14.7. The summed E-state index contributed by atoms with van der Waals surface area (Å²) in [5, 5.41) is 0.494. The van der Waals surface area contributed by atoms with Gasteiger partial charge in [0.15, 0.2) is 0 Å². The van der Waals surface area contributed by atoms with E-state index in [1.54, 1.807) is 12.1 Å². The number of nitrogens with zero attached hydrogens (tertiary/aromatic N) is 1. The standard InChI is InChI=1S/C14H16Br2ClNO/c1-18(13-5-3-2-4-11(13)16)14(19)10-7-6-9(15)8-12(10)17/h6-8,11,13H,2-5H2,1H3. The van der Waals surface area contributed by atoms with E-state index in [9.17, 15) is 4.79 Å². The lowest BCUT2D eigenvalue weighted by molar-refractivity contribution is 0.0705. The summed E-state index contributed by atoms with van der Waals surface area (Å²) in [6.45, 7) is 0. The summed E-state index contributed by atoms with van der Waals surface area (Å²) in [6, 6.07) is 5.63. The molecule has 0 heterocycles. The minimum atomic E-state index is -0.00569. The van der Waals surface area contributed by atoms with Crippen LogP contribution in [-0.4, -0.2) is 28.7 Å². The fourth-order valence-corrected chi connectivity index (χ4v) is 4.20. The maximum atomic E-state index is 12.5. The number of rotatable bonds is 2. The quantitative estimate of drug-likeness (QED) is 0.638. The molecule has 2 unspecified atom stereocenters. The maximum absolute atomic E-state index is 12.5. The minimum absolute atomic E-state index is 0.00569. The molecule has 0 bridgehead atoms. The summed E-state index contributed by atoms with van der Waals surface area (Å²) >= 11 is 13.2. The number of hydrogen-bond acceptors (Lipinski definition) is 1. The normalized spacial score (nSPS) is 23.2. The van der Waals surface area contributed by atoms with Gasteiger partial charge in [-0.3, -0.25) is 4.79 Å². The highest BCUT2D eigenvalue weighted by molar-refractivity contribution is 9.10. The largest absolute Gasteiger partial charge is 0.338 e. The molecule has 0 saturated heterocycles. The van der Waals surface area contributed by atoms with Crippen LogP contribution in [-0.2, 0) is 0 Å². The maximum Gasteiger partial charge on any atom is 0.255 e. The summed E-state index contributed by atoms with van der Waals surface area (Å²) in [5.74, 6) is -0.00569. The second kappa shape index (κ2) is 6.59. The molecule has 1 saturated carbocycles. The number of alkyl halides is 1. The molecule has 0 radical (unpaired) electrons. The van der Waals surface area contributed by atoms with Crippen LogP contribution in [0.25, 0.3) is 0 Å². The van der Waals surface area contributed by atoms with Crippen LogP contribution in [0.3, 0.4) is 0 Å². The Morgan fingerprint density at radius 3 is 2.68 bits per heavy atom. The van der Waals surface area contributed by atoms with Gasteiger partial charge in [-0.05, 0) is 31.0 Å². The van der Waals surface area contributed by atoms with Gasteiger partial charge in [-0.15, -0.1) is 0 Å². The molecule has 0 spiro atoms. The van der Waals surface area contributed by atoms with E-state index in [0.717, 1.165) is 17.3 Å². The predicted octanol–water partition coefficient (Wildman–Crippen LogP) is 4.88. The SMILES string of the molecule is CN(C(=O)c1ccc(Br)cc1Cl)C1CCCCC1Br. The molecule has 2 rings (SSSR count). The van der Waals surface area contributed by atoms with Gasteiger partial charge < -0.3 is 4.90 Å². The number of hydrogen-bond donors (Lipinski definition) is 0. The number of benzene rings is 1. The van der Waals surface area contributed by atoms with Gasteiger partial charge in [-0.2, -0.15) is 0 Å². The lowest BCUT2D eigenvalue weighted by atomic mass is 9.94. The molecule has 1 amide bonds. The number of carbonyl (C=O) groups excluding carboxylic acids is 1. The van der Waals surface area contributed by atoms with E-state index in [1.807, 2.05) is 18.0 Å². The van der Waals surface area contributed by atoms with Crippen LogP contribution in [0.2, 0.25) is 5.02 Å². The van der Waals surface area contributed by atoms with Crippen molar-refractivity contribution in [2.45, 2.75) is 36.6 Å². The first-order valence-electron chi connectivity index (χ1n) is 6.37. The van der Waals surface area contributed by atoms with Crippen molar-refractivity contribution in [3.8, 4) is 0 Å². The molecule has 2 atom stereocenters. The van der Waals surface area contributed by atoms with E-state index < -0.39 is 0 Å². The van der Waals surface area contributed by atoms with Crippen LogP contribution in [0.15, 0.2) is 22.7 Å². The fraction of sp³-hybridized carbons (Fsp3) is 0.500. The molecule has 0 aromatic heterocycles. The van der Waals surface area contributed by atoms with Crippen LogP contribution in [0.1, 0.15) is 36.0 Å². The lowest BCUT2D eigenvalue weighted by Crippen LogP contribution is -2.44. The first-order chi connectivity index (χ1) is 9.00. The minimum Gasteiger partial charge on any atom is -0.338 e. The van der Waals surface area contributed by atoms with Crippen molar-refractivity contribution in [2.24, 2.45) is 0 Å². The van der Waals surface area contributed by atoms with Gasteiger partial charge in [0.1, 0.15) is 0 Å². The highest BCUT2D eigenvalue weighted by Crippen LogP contribution is 2.30. The molecule has 0 aliphatic heterocycles. The van der Waals surface area contributed by atoms with Crippen molar-refractivity contribution in [2.75, 3.05) is 7.05 Å². The van der Waals surface area contributed by atoms with Crippen LogP contribution in [0, 0.1) is 0 Å². The summed E-state index contributed by atoms with van der Waals surface area (Å²) in [5.41, 5.74) is 0.567. The Morgan fingerprint density at radius 2 is 2.05 bits per heavy atom. The lowest BCUT2D eigenvalue weighted by Gasteiger charge is -2.35. The van der Waals surface area contributed by atoms with Gasteiger partial charge in [-0.25, -0.2) is 0 Å². The Bertz CT molecular complexity index is 481. The second-order valence-electron chi connectivity index (χ2n) is 4.91. The summed E-state index contributed by atoms with van der Waals surface area (Å²) in [6.07, 6.45) is 4.58. The zero-order valence-electron chi connectivity index (χ0n) is 10.7. The van der Waals surface area contributed by atoms with Crippen LogP contribution in [0.4, 0.5) is 0 Å². The van der Waals surface area contributed by atoms with E-state index in [4.69, 9.17) is 11.6 Å². The smallest absolute Gasteiger partial charge is 0.255 e. The Kier molecular flexibility index (Phi) is 5.32. The number of amides is 1. The molecule has 2 nitrogen and oxygen atoms in total. The first-order valence-corrected chi connectivity index (χ1v) is 8.45. The van der Waals surface area contributed by atoms with Crippen molar-refractivity contribution in [1.82, 2.24) is 4.90 Å². The molecule has 1 fully saturated rings. The van der Waals surface area contributed by atoms with Gasteiger partial charge in [0.25, 0.3) is 5.91 Å². The van der Waals surface area contributed by atoms with Gasteiger partial charge >= 0.3 is 0 Å². The van der Waals surface area contributed by atoms with Gasteiger partial charge in [0, 0.05) is 22.4 Å².